The fraction of sp³-hybridized carbons (Fsp3) is 0.188. The topological polar surface area (TPSA) is 96.7 Å². The van der Waals surface area contributed by atoms with Crippen LogP contribution < -0.4 is 5.32 Å². The van der Waals surface area contributed by atoms with E-state index in [0.29, 0.717) is 17.0 Å². The van der Waals surface area contributed by atoms with Gasteiger partial charge in [0.1, 0.15) is 0 Å². The van der Waals surface area contributed by atoms with Crippen LogP contribution in [-0.4, -0.2) is 47.3 Å². The van der Waals surface area contributed by atoms with E-state index in [-0.39, 0.29) is 17.3 Å². The van der Waals surface area contributed by atoms with Gasteiger partial charge in [0.15, 0.2) is 11.5 Å². The molecule has 0 atom stereocenters. The maximum Gasteiger partial charge on any atom is 0.251 e. The maximum absolute atomic E-state index is 12.2. The molecule has 0 aliphatic carbocycles. The van der Waals surface area contributed by atoms with Crippen molar-refractivity contribution in [2.45, 2.75) is 11.4 Å². The Bertz CT molecular complexity index is 1010. The Balaban J connectivity index is 1.71. The standard InChI is InChI=1S/C16H17N5O3S/c1-20(2)25(23,24)13-8-6-12(7-9-13)16(22)17-11-15-19-18-14-5-3-4-10-21(14)15/h3-10H,11H2,1-2H3,(H,17,22). The molecule has 1 aromatic carbocycles. The monoisotopic (exact) mass is 359 g/mol. The molecular weight excluding hydrogens is 342 g/mol. The highest BCUT2D eigenvalue weighted by Gasteiger charge is 2.17. The number of carbonyl (C=O) groups is 1. The third-order valence-electron chi connectivity index (χ3n) is 3.69. The minimum absolute atomic E-state index is 0.137. The van der Waals surface area contributed by atoms with Crippen molar-refractivity contribution < 1.29 is 13.2 Å². The van der Waals surface area contributed by atoms with E-state index in [1.165, 1.54) is 38.4 Å². The zero-order valence-electron chi connectivity index (χ0n) is 13.7. The molecule has 0 radical (unpaired) electrons. The first-order valence-corrected chi connectivity index (χ1v) is 8.93. The number of hydrogen-bond acceptors (Lipinski definition) is 5. The molecule has 1 N–H and O–H groups in total. The molecule has 3 aromatic rings. The van der Waals surface area contributed by atoms with Crippen molar-refractivity contribution in [3.8, 4) is 0 Å². The number of rotatable bonds is 5. The summed E-state index contributed by atoms with van der Waals surface area (Å²) < 4.78 is 27.0. The fourth-order valence-corrected chi connectivity index (χ4v) is 3.16. The lowest BCUT2D eigenvalue weighted by atomic mass is 10.2. The lowest BCUT2D eigenvalue weighted by molar-refractivity contribution is 0.0949. The largest absolute Gasteiger partial charge is 0.345 e. The van der Waals surface area contributed by atoms with Gasteiger partial charge in [0, 0.05) is 25.9 Å². The number of sulfonamides is 1. The van der Waals surface area contributed by atoms with E-state index in [9.17, 15) is 13.2 Å². The van der Waals surface area contributed by atoms with Crippen LogP contribution >= 0.6 is 0 Å². The predicted octanol–water partition coefficient (Wildman–Crippen LogP) is 0.910. The van der Waals surface area contributed by atoms with Gasteiger partial charge in [-0.15, -0.1) is 10.2 Å². The van der Waals surface area contributed by atoms with E-state index in [1.807, 2.05) is 24.4 Å². The SMILES string of the molecule is CN(C)S(=O)(=O)c1ccc(C(=O)NCc2nnc3ccccn23)cc1. The van der Waals surface area contributed by atoms with Crippen LogP contribution in [-0.2, 0) is 16.6 Å². The summed E-state index contributed by atoms with van der Waals surface area (Å²) >= 11 is 0. The van der Waals surface area contributed by atoms with Gasteiger partial charge < -0.3 is 5.32 Å². The number of amides is 1. The summed E-state index contributed by atoms with van der Waals surface area (Å²) in [4.78, 5) is 12.4. The van der Waals surface area contributed by atoms with Gasteiger partial charge in [-0.2, -0.15) is 0 Å². The first-order valence-electron chi connectivity index (χ1n) is 7.49. The van der Waals surface area contributed by atoms with Crippen LogP contribution in [0.15, 0.2) is 53.6 Å². The third kappa shape index (κ3) is 3.37. The molecule has 9 heteroatoms. The van der Waals surface area contributed by atoms with Gasteiger partial charge in [-0.3, -0.25) is 9.20 Å². The van der Waals surface area contributed by atoms with Crippen molar-refractivity contribution in [2.75, 3.05) is 14.1 Å². The van der Waals surface area contributed by atoms with Crippen LogP contribution in [0.1, 0.15) is 16.2 Å². The molecule has 1 amide bonds. The van der Waals surface area contributed by atoms with Gasteiger partial charge in [-0.25, -0.2) is 12.7 Å². The van der Waals surface area contributed by atoms with Crippen molar-refractivity contribution in [3.05, 3.63) is 60.0 Å². The van der Waals surface area contributed by atoms with Gasteiger partial charge in [0.05, 0.1) is 11.4 Å². The molecule has 2 aromatic heterocycles. The number of aromatic nitrogens is 3. The number of nitrogens with zero attached hydrogens (tertiary/aromatic N) is 4. The highest BCUT2D eigenvalue weighted by Crippen LogP contribution is 2.14. The van der Waals surface area contributed by atoms with Crippen LogP contribution in [0, 0.1) is 0 Å². The molecule has 0 fully saturated rings. The Morgan fingerprint density at radius 2 is 1.84 bits per heavy atom. The molecule has 0 aliphatic rings. The second-order valence-corrected chi connectivity index (χ2v) is 7.69. The third-order valence-corrected chi connectivity index (χ3v) is 5.52. The summed E-state index contributed by atoms with van der Waals surface area (Å²) in [5.74, 6) is 0.289. The first-order chi connectivity index (χ1) is 11.9. The quantitative estimate of drug-likeness (QED) is 0.730. The average Bonchev–Trinajstić information content (AvgIpc) is 3.03. The molecule has 0 spiro atoms. The van der Waals surface area contributed by atoms with Crippen molar-refractivity contribution in [1.29, 1.82) is 0 Å². The van der Waals surface area contributed by atoms with Crippen molar-refractivity contribution in [1.82, 2.24) is 24.2 Å². The lowest BCUT2D eigenvalue weighted by Crippen LogP contribution is -2.24. The van der Waals surface area contributed by atoms with Crippen molar-refractivity contribution in [3.63, 3.8) is 0 Å². The summed E-state index contributed by atoms with van der Waals surface area (Å²) in [6.45, 7) is 0.210. The van der Waals surface area contributed by atoms with Gasteiger partial charge in [-0.1, -0.05) is 6.07 Å². The van der Waals surface area contributed by atoms with Crippen LogP contribution in [0.25, 0.3) is 5.65 Å². The Kier molecular flexibility index (Phi) is 4.51. The molecule has 2 heterocycles. The van der Waals surface area contributed by atoms with Crippen LogP contribution in [0.2, 0.25) is 0 Å². The zero-order chi connectivity index (χ0) is 18.0. The van der Waals surface area contributed by atoms with Gasteiger partial charge in [0.25, 0.3) is 5.91 Å². The Labute approximate surface area is 145 Å². The second kappa shape index (κ2) is 6.61. The molecule has 3 rings (SSSR count). The van der Waals surface area contributed by atoms with Crippen LogP contribution in [0.5, 0.6) is 0 Å². The van der Waals surface area contributed by atoms with Crippen LogP contribution in [0.4, 0.5) is 0 Å². The van der Waals surface area contributed by atoms with E-state index in [2.05, 4.69) is 15.5 Å². The zero-order valence-corrected chi connectivity index (χ0v) is 14.6. The minimum Gasteiger partial charge on any atom is -0.345 e. The van der Waals surface area contributed by atoms with Crippen molar-refractivity contribution in [2.24, 2.45) is 0 Å². The summed E-state index contributed by atoms with van der Waals surface area (Å²) in [5, 5.41) is 10.8. The molecule has 8 nitrogen and oxygen atoms in total. The number of fused-ring (bicyclic) bond motifs is 1. The van der Waals surface area contributed by atoms with E-state index >= 15 is 0 Å². The van der Waals surface area contributed by atoms with E-state index < -0.39 is 10.0 Å². The van der Waals surface area contributed by atoms with Crippen LogP contribution in [0.3, 0.4) is 0 Å². The molecular formula is C16H17N5O3S. The highest BCUT2D eigenvalue weighted by atomic mass is 32.2. The molecule has 0 bridgehead atoms. The van der Waals surface area contributed by atoms with Gasteiger partial charge in [-0.05, 0) is 36.4 Å². The molecule has 130 valence electrons. The molecule has 0 unspecified atom stereocenters. The summed E-state index contributed by atoms with van der Waals surface area (Å²) in [7, 11) is -0.597. The number of carbonyl (C=O) groups excluding carboxylic acids is 1. The van der Waals surface area contributed by atoms with E-state index in [1.54, 1.807) is 4.40 Å². The van der Waals surface area contributed by atoms with Crippen molar-refractivity contribution >= 4 is 21.6 Å². The van der Waals surface area contributed by atoms with E-state index in [4.69, 9.17) is 0 Å². The molecule has 25 heavy (non-hydrogen) atoms. The summed E-state index contributed by atoms with van der Waals surface area (Å²) in [6.07, 6.45) is 1.82. The summed E-state index contributed by atoms with van der Waals surface area (Å²) in [6, 6.07) is 11.3. The predicted molar refractivity (Wildman–Crippen MR) is 91.5 cm³/mol. The number of hydrogen-bond donors (Lipinski definition) is 1. The molecule has 0 saturated carbocycles. The van der Waals surface area contributed by atoms with E-state index in [0.717, 1.165) is 4.31 Å². The smallest absolute Gasteiger partial charge is 0.251 e. The maximum atomic E-state index is 12.2. The molecule has 0 saturated heterocycles. The second-order valence-electron chi connectivity index (χ2n) is 5.54. The average molecular weight is 359 g/mol. The minimum atomic E-state index is -3.51. The summed E-state index contributed by atoms with van der Waals surface area (Å²) in [5.41, 5.74) is 1.07. The Morgan fingerprint density at radius 3 is 2.52 bits per heavy atom. The Morgan fingerprint density at radius 1 is 1.12 bits per heavy atom. The number of benzene rings is 1. The number of pyridine rings is 1. The fourth-order valence-electron chi connectivity index (χ4n) is 2.26. The lowest BCUT2D eigenvalue weighted by Gasteiger charge is -2.11. The Hall–Kier alpha value is -2.78. The van der Waals surface area contributed by atoms with Gasteiger partial charge >= 0.3 is 0 Å². The molecule has 0 aliphatic heterocycles. The first kappa shape index (κ1) is 17.1. The van der Waals surface area contributed by atoms with Gasteiger partial charge in [0.2, 0.25) is 10.0 Å². The highest BCUT2D eigenvalue weighted by molar-refractivity contribution is 7.89. The number of nitrogens with one attached hydrogen (secondary N) is 1. The normalized spacial score (nSPS) is 11.8.